The number of halogens is 1. The van der Waals surface area contributed by atoms with Crippen LogP contribution >= 0.6 is 15.9 Å². The standard InChI is InChI=1S/C11H15BrN2/c1-8-6-9(2-3-10(8)12)11-7-13-4-5-14-11/h2-3,6,11,13-14H,4-5,7H2,1H3. The van der Waals surface area contributed by atoms with E-state index in [4.69, 9.17) is 0 Å². The predicted molar refractivity (Wildman–Crippen MR) is 62.5 cm³/mol. The van der Waals surface area contributed by atoms with Crippen LogP contribution in [0, 0.1) is 6.92 Å². The smallest absolute Gasteiger partial charge is 0.0447 e. The Balaban J connectivity index is 2.18. The minimum atomic E-state index is 0.468. The molecule has 14 heavy (non-hydrogen) atoms. The van der Waals surface area contributed by atoms with Crippen LogP contribution in [0.15, 0.2) is 22.7 Å². The number of rotatable bonds is 1. The van der Waals surface area contributed by atoms with E-state index in [1.807, 2.05) is 0 Å². The highest BCUT2D eigenvalue weighted by molar-refractivity contribution is 9.10. The first-order valence-corrected chi connectivity index (χ1v) is 5.77. The molecule has 0 aliphatic carbocycles. The van der Waals surface area contributed by atoms with Crippen LogP contribution < -0.4 is 10.6 Å². The van der Waals surface area contributed by atoms with Crippen LogP contribution in [0.2, 0.25) is 0 Å². The van der Waals surface area contributed by atoms with E-state index in [0.717, 1.165) is 19.6 Å². The first-order valence-electron chi connectivity index (χ1n) is 4.97. The van der Waals surface area contributed by atoms with Crippen molar-refractivity contribution < 1.29 is 0 Å². The van der Waals surface area contributed by atoms with Gasteiger partial charge in [-0.1, -0.05) is 28.1 Å². The number of benzene rings is 1. The number of aryl methyl sites for hydroxylation is 1. The second kappa shape index (κ2) is 4.43. The van der Waals surface area contributed by atoms with Crippen LogP contribution in [0.5, 0.6) is 0 Å². The second-order valence-electron chi connectivity index (χ2n) is 3.72. The molecule has 1 aromatic rings. The Labute approximate surface area is 93.2 Å². The summed E-state index contributed by atoms with van der Waals surface area (Å²) in [6, 6.07) is 7.02. The van der Waals surface area contributed by atoms with Crippen LogP contribution in [0.1, 0.15) is 17.2 Å². The molecule has 1 aromatic carbocycles. The molecule has 1 aliphatic rings. The maximum absolute atomic E-state index is 3.52. The van der Waals surface area contributed by atoms with Crippen molar-refractivity contribution in [3.8, 4) is 0 Å². The first-order chi connectivity index (χ1) is 6.77. The highest BCUT2D eigenvalue weighted by atomic mass is 79.9. The zero-order valence-electron chi connectivity index (χ0n) is 8.31. The van der Waals surface area contributed by atoms with Crippen LogP contribution in [0.25, 0.3) is 0 Å². The van der Waals surface area contributed by atoms with Gasteiger partial charge in [-0.3, -0.25) is 0 Å². The van der Waals surface area contributed by atoms with Gasteiger partial charge in [-0.25, -0.2) is 0 Å². The number of hydrogen-bond acceptors (Lipinski definition) is 2. The van der Waals surface area contributed by atoms with E-state index in [0.29, 0.717) is 6.04 Å². The molecule has 2 rings (SSSR count). The zero-order valence-corrected chi connectivity index (χ0v) is 9.89. The Bertz CT molecular complexity index is 319. The summed E-state index contributed by atoms with van der Waals surface area (Å²) in [5.41, 5.74) is 2.67. The maximum Gasteiger partial charge on any atom is 0.0447 e. The summed E-state index contributed by atoms with van der Waals surface area (Å²) in [5, 5.41) is 6.90. The van der Waals surface area contributed by atoms with Crippen molar-refractivity contribution in [1.82, 2.24) is 10.6 Å². The van der Waals surface area contributed by atoms with E-state index in [9.17, 15) is 0 Å². The lowest BCUT2D eigenvalue weighted by Crippen LogP contribution is -2.42. The van der Waals surface area contributed by atoms with Crippen molar-refractivity contribution in [1.29, 1.82) is 0 Å². The van der Waals surface area contributed by atoms with E-state index >= 15 is 0 Å². The Morgan fingerprint density at radius 3 is 2.86 bits per heavy atom. The quantitative estimate of drug-likeness (QED) is 0.802. The number of nitrogens with one attached hydrogen (secondary N) is 2. The van der Waals surface area contributed by atoms with Crippen LogP contribution in [-0.2, 0) is 0 Å². The third kappa shape index (κ3) is 2.16. The zero-order chi connectivity index (χ0) is 9.97. The predicted octanol–water partition coefficient (Wildman–Crippen LogP) is 1.99. The largest absolute Gasteiger partial charge is 0.314 e. The van der Waals surface area contributed by atoms with E-state index in [2.05, 4.69) is 51.7 Å². The summed E-state index contributed by atoms with van der Waals surface area (Å²) in [6.07, 6.45) is 0. The van der Waals surface area contributed by atoms with Gasteiger partial charge in [-0.2, -0.15) is 0 Å². The van der Waals surface area contributed by atoms with Gasteiger partial charge < -0.3 is 10.6 Å². The maximum atomic E-state index is 3.52. The summed E-state index contributed by atoms with van der Waals surface area (Å²) >= 11 is 3.52. The monoisotopic (exact) mass is 254 g/mol. The minimum absolute atomic E-state index is 0.468. The Morgan fingerprint density at radius 2 is 2.21 bits per heavy atom. The van der Waals surface area contributed by atoms with Crippen molar-refractivity contribution in [2.45, 2.75) is 13.0 Å². The first kappa shape index (κ1) is 10.1. The van der Waals surface area contributed by atoms with Crippen molar-refractivity contribution in [2.24, 2.45) is 0 Å². The topological polar surface area (TPSA) is 24.1 Å². The molecule has 1 aliphatic heterocycles. The summed E-state index contributed by atoms with van der Waals surface area (Å²) < 4.78 is 1.19. The van der Waals surface area contributed by atoms with Gasteiger partial charge >= 0.3 is 0 Å². The molecule has 3 heteroatoms. The van der Waals surface area contributed by atoms with Gasteiger partial charge in [-0.15, -0.1) is 0 Å². The molecular formula is C11H15BrN2. The van der Waals surface area contributed by atoms with Crippen molar-refractivity contribution >= 4 is 15.9 Å². The van der Waals surface area contributed by atoms with Gasteiger partial charge in [-0.05, 0) is 24.1 Å². The third-order valence-corrected chi connectivity index (χ3v) is 3.52. The molecule has 2 nitrogen and oxygen atoms in total. The molecule has 0 aromatic heterocycles. The van der Waals surface area contributed by atoms with Gasteiger partial charge in [0.2, 0.25) is 0 Å². The molecule has 0 spiro atoms. The molecule has 76 valence electrons. The molecule has 1 heterocycles. The van der Waals surface area contributed by atoms with E-state index in [1.165, 1.54) is 15.6 Å². The molecule has 0 amide bonds. The minimum Gasteiger partial charge on any atom is -0.314 e. The fraction of sp³-hybridized carbons (Fsp3) is 0.455. The van der Waals surface area contributed by atoms with Gasteiger partial charge in [0.1, 0.15) is 0 Å². The average Bonchev–Trinajstić information content (AvgIpc) is 2.23. The molecule has 0 bridgehead atoms. The molecule has 1 atom stereocenters. The number of piperazine rings is 1. The average molecular weight is 255 g/mol. The van der Waals surface area contributed by atoms with Crippen molar-refractivity contribution in [2.75, 3.05) is 19.6 Å². The Morgan fingerprint density at radius 1 is 1.36 bits per heavy atom. The fourth-order valence-corrected chi connectivity index (χ4v) is 2.02. The lowest BCUT2D eigenvalue weighted by molar-refractivity contribution is 0.430. The lowest BCUT2D eigenvalue weighted by Gasteiger charge is -2.25. The SMILES string of the molecule is Cc1cc(C2CNCCN2)ccc1Br. The van der Waals surface area contributed by atoms with E-state index in [1.54, 1.807) is 0 Å². The molecule has 1 unspecified atom stereocenters. The van der Waals surface area contributed by atoms with E-state index in [-0.39, 0.29) is 0 Å². The normalized spacial score (nSPS) is 22.3. The van der Waals surface area contributed by atoms with Crippen LogP contribution in [0.4, 0.5) is 0 Å². The molecule has 2 N–H and O–H groups in total. The Hall–Kier alpha value is -0.380. The molecule has 0 saturated carbocycles. The van der Waals surface area contributed by atoms with Gasteiger partial charge in [0.05, 0.1) is 0 Å². The fourth-order valence-electron chi connectivity index (χ4n) is 1.77. The third-order valence-electron chi connectivity index (χ3n) is 2.63. The van der Waals surface area contributed by atoms with Crippen LogP contribution in [-0.4, -0.2) is 19.6 Å². The summed E-state index contributed by atoms with van der Waals surface area (Å²) in [5.74, 6) is 0. The van der Waals surface area contributed by atoms with Gasteiger partial charge in [0.25, 0.3) is 0 Å². The van der Waals surface area contributed by atoms with Crippen LogP contribution in [0.3, 0.4) is 0 Å². The van der Waals surface area contributed by atoms with Gasteiger partial charge in [0, 0.05) is 30.1 Å². The molecule has 1 saturated heterocycles. The summed E-state index contributed by atoms with van der Waals surface area (Å²) in [6.45, 7) is 5.29. The second-order valence-corrected chi connectivity index (χ2v) is 4.57. The molecule has 0 radical (unpaired) electrons. The summed E-state index contributed by atoms with van der Waals surface area (Å²) in [4.78, 5) is 0. The molecular weight excluding hydrogens is 240 g/mol. The van der Waals surface area contributed by atoms with Gasteiger partial charge in [0.15, 0.2) is 0 Å². The van der Waals surface area contributed by atoms with Crippen molar-refractivity contribution in [3.05, 3.63) is 33.8 Å². The summed E-state index contributed by atoms with van der Waals surface area (Å²) in [7, 11) is 0. The van der Waals surface area contributed by atoms with E-state index < -0.39 is 0 Å². The highest BCUT2D eigenvalue weighted by Gasteiger charge is 2.14. The Kier molecular flexibility index (Phi) is 3.21. The van der Waals surface area contributed by atoms with Crippen molar-refractivity contribution in [3.63, 3.8) is 0 Å². The highest BCUT2D eigenvalue weighted by Crippen LogP contribution is 2.21. The number of hydrogen-bond donors (Lipinski definition) is 2. The lowest BCUT2D eigenvalue weighted by atomic mass is 10.0. The molecule has 1 fully saturated rings.